The Bertz CT molecular complexity index is 1230. The van der Waals surface area contributed by atoms with Gasteiger partial charge in [-0.15, -0.1) is 10.2 Å². The van der Waals surface area contributed by atoms with Crippen molar-refractivity contribution in [2.75, 3.05) is 0 Å². The highest BCUT2D eigenvalue weighted by Gasteiger charge is 2.30. The third-order valence-electron chi connectivity index (χ3n) is 5.15. The Morgan fingerprint density at radius 1 is 1.07 bits per heavy atom. The zero-order valence-corrected chi connectivity index (χ0v) is 17.0. The summed E-state index contributed by atoms with van der Waals surface area (Å²) in [7, 11) is 0. The molecule has 1 fully saturated rings. The fourth-order valence-corrected chi connectivity index (χ4v) is 4.38. The van der Waals surface area contributed by atoms with Crippen molar-refractivity contribution in [2.24, 2.45) is 0 Å². The maximum absolute atomic E-state index is 12.5. The van der Waals surface area contributed by atoms with E-state index >= 15 is 0 Å². The Morgan fingerprint density at radius 3 is 2.69 bits per heavy atom. The predicted octanol–water partition coefficient (Wildman–Crippen LogP) is 3.81. The van der Waals surface area contributed by atoms with Crippen LogP contribution in [0.25, 0.3) is 5.65 Å². The number of nitrogens with zero attached hydrogens (tertiary/aromatic N) is 5. The second-order valence-corrected chi connectivity index (χ2v) is 8.36. The molecule has 0 aliphatic heterocycles. The van der Waals surface area contributed by atoms with Crippen LogP contribution in [-0.4, -0.2) is 24.1 Å². The van der Waals surface area contributed by atoms with E-state index in [1.54, 1.807) is 22.2 Å². The van der Waals surface area contributed by atoms with Gasteiger partial charge >= 0.3 is 0 Å². The largest absolute Gasteiger partial charge is 0.301 e. The highest BCUT2D eigenvalue weighted by molar-refractivity contribution is 7.98. The van der Waals surface area contributed by atoms with Crippen molar-refractivity contribution >= 4 is 17.4 Å². The van der Waals surface area contributed by atoms with Crippen molar-refractivity contribution in [1.29, 1.82) is 0 Å². The van der Waals surface area contributed by atoms with Gasteiger partial charge in [0.2, 0.25) is 0 Å². The second-order valence-electron chi connectivity index (χ2n) is 7.42. The number of aryl methyl sites for hydroxylation is 1. The molecule has 1 saturated carbocycles. The summed E-state index contributed by atoms with van der Waals surface area (Å²) in [5.41, 5.74) is 3.50. The number of pyridine rings is 1. The van der Waals surface area contributed by atoms with E-state index in [9.17, 15) is 4.79 Å². The molecule has 6 nitrogen and oxygen atoms in total. The number of benzene rings is 1. The molecule has 4 aromatic rings. The average molecular weight is 404 g/mol. The van der Waals surface area contributed by atoms with Crippen LogP contribution in [0.2, 0.25) is 0 Å². The van der Waals surface area contributed by atoms with Gasteiger partial charge < -0.3 is 4.57 Å². The number of hydrogen-bond donors (Lipinski definition) is 0. The molecule has 5 rings (SSSR count). The Balaban J connectivity index is 1.42. The maximum atomic E-state index is 12.5. The monoisotopic (exact) mass is 403 g/mol. The molecule has 3 heterocycles. The molecule has 7 heteroatoms. The lowest BCUT2D eigenvalue weighted by Crippen LogP contribution is -2.17. The number of rotatable bonds is 6. The van der Waals surface area contributed by atoms with Gasteiger partial charge in [-0.05, 0) is 37.5 Å². The molecule has 29 heavy (non-hydrogen) atoms. The minimum Gasteiger partial charge on any atom is -0.301 e. The quantitative estimate of drug-likeness (QED) is 0.458. The molecular weight excluding hydrogens is 382 g/mol. The predicted molar refractivity (Wildman–Crippen MR) is 113 cm³/mol. The van der Waals surface area contributed by atoms with Crippen LogP contribution in [0.4, 0.5) is 0 Å². The van der Waals surface area contributed by atoms with Crippen molar-refractivity contribution in [3.8, 4) is 0 Å². The van der Waals surface area contributed by atoms with Crippen molar-refractivity contribution in [1.82, 2.24) is 24.1 Å². The van der Waals surface area contributed by atoms with Crippen LogP contribution in [-0.2, 0) is 12.3 Å². The summed E-state index contributed by atoms with van der Waals surface area (Å²) in [6.45, 7) is 2.67. The maximum Gasteiger partial charge on any atom is 0.258 e. The van der Waals surface area contributed by atoms with Crippen LogP contribution >= 0.6 is 11.8 Å². The number of fused-ring (bicyclic) bond motifs is 1. The van der Waals surface area contributed by atoms with Crippen LogP contribution in [0.3, 0.4) is 0 Å². The molecular formula is C22H21N5OS. The zero-order chi connectivity index (χ0) is 19.8. The summed E-state index contributed by atoms with van der Waals surface area (Å²) < 4.78 is 3.85. The van der Waals surface area contributed by atoms with Gasteiger partial charge in [0.05, 0.1) is 12.2 Å². The summed E-state index contributed by atoms with van der Waals surface area (Å²) >= 11 is 1.59. The molecule has 0 spiro atoms. The first kappa shape index (κ1) is 18.1. The van der Waals surface area contributed by atoms with E-state index in [1.807, 2.05) is 31.2 Å². The van der Waals surface area contributed by atoms with Gasteiger partial charge in [0, 0.05) is 23.4 Å². The first-order chi connectivity index (χ1) is 14.2. The topological polar surface area (TPSA) is 65.1 Å². The van der Waals surface area contributed by atoms with Crippen molar-refractivity contribution < 1.29 is 0 Å². The van der Waals surface area contributed by atoms with Crippen molar-refractivity contribution in [3.05, 3.63) is 87.7 Å². The van der Waals surface area contributed by atoms with Crippen molar-refractivity contribution in [2.45, 2.75) is 43.1 Å². The van der Waals surface area contributed by atoms with Crippen LogP contribution in [0.1, 0.15) is 41.5 Å². The van der Waals surface area contributed by atoms with Crippen LogP contribution in [0, 0.1) is 6.92 Å². The molecule has 0 amide bonds. The first-order valence-corrected chi connectivity index (χ1v) is 10.8. The van der Waals surface area contributed by atoms with E-state index in [-0.39, 0.29) is 5.56 Å². The highest BCUT2D eigenvalue weighted by atomic mass is 32.2. The van der Waals surface area contributed by atoms with E-state index in [0.29, 0.717) is 17.3 Å². The summed E-state index contributed by atoms with van der Waals surface area (Å²) in [6.07, 6.45) is 2.36. The van der Waals surface area contributed by atoms with E-state index in [0.717, 1.165) is 28.9 Å². The van der Waals surface area contributed by atoms with Gasteiger partial charge in [-0.25, -0.2) is 4.98 Å². The molecule has 0 N–H and O–H groups in total. The minimum atomic E-state index is -0.0480. The van der Waals surface area contributed by atoms with Crippen LogP contribution < -0.4 is 5.56 Å². The van der Waals surface area contributed by atoms with Gasteiger partial charge in [0.15, 0.2) is 5.16 Å². The summed E-state index contributed by atoms with van der Waals surface area (Å²) in [5, 5.41) is 9.80. The molecule has 1 aromatic carbocycles. The third-order valence-corrected chi connectivity index (χ3v) is 6.15. The number of aromatic nitrogens is 5. The SMILES string of the molecule is Cc1cccc2nc(CSc3nnc(C4CC4)n3Cc3ccccc3)cc(=O)n12. The molecule has 3 aromatic heterocycles. The lowest BCUT2D eigenvalue weighted by atomic mass is 10.2. The summed E-state index contributed by atoms with van der Waals surface area (Å²) in [5.74, 6) is 2.17. The van der Waals surface area contributed by atoms with Gasteiger partial charge in [-0.1, -0.05) is 48.2 Å². The molecule has 0 bridgehead atoms. The molecule has 146 valence electrons. The third kappa shape index (κ3) is 3.70. The zero-order valence-electron chi connectivity index (χ0n) is 16.2. The summed E-state index contributed by atoms with van der Waals surface area (Å²) in [4.78, 5) is 17.2. The van der Waals surface area contributed by atoms with Gasteiger partial charge in [-0.2, -0.15) is 0 Å². The van der Waals surface area contributed by atoms with E-state index in [4.69, 9.17) is 0 Å². The van der Waals surface area contributed by atoms with Crippen LogP contribution in [0.5, 0.6) is 0 Å². The molecule has 1 aliphatic carbocycles. The van der Waals surface area contributed by atoms with E-state index in [1.165, 1.54) is 18.4 Å². The van der Waals surface area contributed by atoms with E-state index < -0.39 is 0 Å². The lowest BCUT2D eigenvalue weighted by Gasteiger charge is -2.10. The average Bonchev–Trinajstić information content (AvgIpc) is 3.49. The number of thioether (sulfide) groups is 1. The molecule has 0 radical (unpaired) electrons. The molecule has 0 unspecified atom stereocenters. The Morgan fingerprint density at radius 2 is 1.90 bits per heavy atom. The highest BCUT2D eigenvalue weighted by Crippen LogP contribution is 2.40. The van der Waals surface area contributed by atoms with Gasteiger partial charge in [0.25, 0.3) is 5.56 Å². The molecule has 0 atom stereocenters. The normalized spacial score (nSPS) is 13.8. The fraction of sp³-hybridized carbons (Fsp3) is 0.273. The summed E-state index contributed by atoms with van der Waals surface area (Å²) in [6, 6.07) is 17.7. The van der Waals surface area contributed by atoms with E-state index in [2.05, 4.69) is 44.0 Å². The minimum absolute atomic E-state index is 0.0480. The van der Waals surface area contributed by atoms with Crippen LogP contribution in [0.15, 0.2) is 64.5 Å². The van der Waals surface area contributed by atoms with Gasteiger partial charge in [-0.3, -0.25) is 9.20 Å². The lowest BCUT2D eigenvalue weighted by molar-refractivity contribution is 0.667. The Kier molecular flexibility index (Phi) is 4.67. The van der Waals surface area contributed by atoms with Gasteiger partial charge in [0.1, 0.15) is 11.5 Å². The van der Waals surface area contributed by atoms with Crippen molar-refractivity contribution in [3.63, 3.8) is 0 Å². The standard InChI is InChI=1S/C22H21N5OS/c1-15-6-5-9-19-23-18(12-20(28)27(15)19)14-29-22-25-24-21(17-10-11-17)26(22)13-16-7-3-2-4-8-16/h2-9,12,17H,10-11,13-14H2,1H3. The first-order valence-electron chi connectivity index (χ1n) is 9.77. The Labute approximate surface area is 172 Å². The molecule has 1 aliphatic rings. The molecule has 0 saturated heterocycles. The smallest absolute Gasteiger partial charge is 0.258 e. The number of hydrogen-bond acceptors (Lipinski definition) is 5. The Hall–Kier alpha value is -2.93. The fourth-order valence-electron chi connectivity index (χ4n) is 3.54. The second kappa shape index (κ2) is 7.48.